The van der Waals surface area contributed by atoms with Crippen molar-refractivity contribution in [1.29, 1.82) is 0 Å². The molecule has 0 bridgehead atoms. The molecule has 0 aliphatic carbocycles. The van der Waals surface area contributed by atoms with Crippen LogP contribution in [0.1, 0.15) is 23.7 Å². The molecule has 0 heterocycles. The molecule has 0 saturated carbocycles. The van der Waals surface area contributed by atoms with Gasteiger partial charge in [0.1, 0.15) is 5.82 Å². The first kappa shape index (κ1) is 15.3. The van der Waals surface area contributed by atoms with Gasteiger partial charge in [0.2, 0.25) is 0 Å². The Morgan fingerprint density at radius 2 is 1.89 bits per heavy atom. The van der Waals surface area contributed by atoms with Gasteiger partial charge in [-0.25, -0.2) is 4.39 Å². The predicted molar refractivity (Wildman–Crippen MR) is 66.5 cm³/mol. The molecule has 2 unspecified atom stereocenters. The highest BCUT2D eigenvalue weighted by Crippen LogP contribution is 2.08. The summed E-state index contributed by atoms with van der Waals surface area (Å²) in [4.78, 5) is 22.8. The molecule has 104 valence electrons. The summed E-state index contributed by atoms with van der Waals surface area (Å²) >= 11 is 0. The van der Waals surface area contributed by atoms with Crippen LogP contribution in [0.4, 0.5) is 4.39 Å². The molecule has 1 aromatic carbocycles. The van der Waals surface area contributed by atoms with Crippen LogP contribution in [0.15, 0.2) is 24.3 Å². The Balaban J connectivity index is 2.80. The van der Waals surface area contributed by atoms with Crippen molar-refractivity contribution in [3.8, 4) is 0 Å². The van der Waals surface area contributed by atoms with Crippen LogP contribution in [0.2, 0.25) is 0 Å². The highest BCUT2D eigenvalue weighted by atomic mass is 19.1. The second-order valence-electron chi connectivity index (χ2n) is 4.28. The first-order chi connectivity index (χ1) is 8.90. The lowest BCUT2D eigenvalue weighted by molar-refractivity contribution is -0.137. The summed E-state index contributed by atoms with van der Waals surface area (Å²) < 4.78 is 12.8. The van der Waals surface area contributed by atoms with Crippen LogP contribution in [0.25, 0.3) is 0 Å². The molecular formula is C13H16FNO4. The van der Waals surface area contributed by atoms with Crippen molar-refractivity contribution in [3.63, 3.8) is 0 Å². The van der Waals surface area contributed by atoms with Crippen molar-refractivity contribution >= 4 is 11.8 Å². The summed E-state index contributed by atoms with van der Waals surface area (Å²) in [7, 11) is 0. The van der Waals surface area contributed by atoms with E-state index in [0.717, 1.165) is 12.1 Å². The van der Waals surface area contributed by atoms with E-state index in [-0.39, 0.29) is 12.1 Å². The van der Waals surface area contributed by atoms with E-state index in [0.29, 0.717) is 0 Å². The lowest BCUT2D eigenvalue weighted by Crippen LogP contribution is -2.41. The number of hydrogen-bond acceptors (Lipinski definition) is 4. The summed E-state index contributed by atoms with van der Waals surface area (Å²) in [6, 6.07) is 3.93. The summed E-state index contributed by atoms with van der Waals surface area (Å²) in [5.41, 5.74) is 0.228. The van der Waals surface area contributed by atoms with Gasteiger partial charge in [0.05, 0.1) is 18.6 Å². The van der Waals surface area contributed by atoms with E-state index in [4.69, 9.17) is 10.2 Å². The molecule has 6 heteroatoms. The molecule has 0 saturated heterocycles. The molecule has 0 radical (unpaired) electrons. The number of benzene rings is 1. The maximum atomic E-state index is 12.8. The van der Waals surface area contributed by atoms with Gasteiger partial charge >= 0.3 is 5.97 Å². The minimum Gasteiger partial charge on any atom is -0.481 e. The van der Waals surface area contributed by atoms with Crippen molar-refractivity contribution in [1.82, 2.24) is 5.32 Å². The Bertz CT molecular complexity index is 444. The second-order valence-corrected chi connectivity index (χ2v) is 4.28. The number of aliphatic hydroxyl groups excluding tert-OH is 1. The van der Waals surface area contributed by atoms with Crippen LogP contribution >= 0.6 is 0 Å². The number of halogens is 1. The molecule has 1 aromatic rings. The van der Waals surface area contributed by atoms with Crippen LogP contribution in [0.5, 0.6) is 0 Å². The lowest BCUT2D eigenvalue weighted by atomic mass is 10.0. The number of rotatable bonds is 7. The number of aliphatic carboxylic acids is 1. The average molecular weight is 269 g/mol. The third-order valence-electron chi connectivity index (χ3n) is 2.48. The second kappa shape index (κ2) is 6.96. The highest BCUT2D eigenvalue weighted by Gasteiger charge is 2.22. The molecule has 0 aromatic heterocycles. The van der Waals surface area contributed by atoms with Gasteiger partial charge in [0, 0.05) is 12.1 Å². The Morgan fingerprint density at radius 3 is 2.37 bits per heavy atom. The summed E-state index contributed by atoms with van der Waals surface area (Å²) in [6.07, 6.45) is -1.10. The van der Waals surface area contributed by atoms with Crippen molar-refractivity contribution in [2.75, 3.05) is 6.54 Å². The third-order valence-corrected chi connectivity index (χ3v) is 2.48. The van der Waals surface area contributed by atoms with Gasteiger partial charge < -0.3 is 15.5 Å². The van der Waals surface area contributed by atoms with Gasteiger partial charge in [0.15, 0.2) is 5.78 Å². The molecule has 1 rings (SSSR count). The van der Waals surface area contributed by atoms with E-state index < -0.39 is 36.1 Å². The van der Waals surface area contributed by atoms with Gasteiger partial charge in [-0.2, -0.15) is 0 Å². The van der Waals surface area contributed by atoms with E-state index in [9.17, 15) is 14.0 Å². The van der Waals surface area contributed by atoms with Crippen molar-refractivity contribution in [2.24, 2.45) is 0 Å². The van der Waals surface area contributed by atoms with E-state index in [2.05, 4.69) is 5.32 Å². The molecule has 0 aliphatic rings. The molecule has 0 aliphatic heterocycles. The Kier molecular flexibility index (Phi) is 5.59. The van der Waals surface area contributed by atoms with Crippen molar-refractivity contribution in [3.05, 3.63) is 35.6 Å². The maximum Gasteiger partial charge on any atom is 0.305 e. The summed E-state index contributed by atoms with van der Waals surface area (Å²) in [6.45, 7) is 1.62. The van der Waals surface area contributed by atoms with Gasteiger partial charge in [-0.3, -0.25) is 9.59 Å². The topological polar surface area (TPSA) is 86.6 Å². The standard InChI is InChI=1S/C13H16FNO4/c1-8(16)7-15-11(6-12(17)18)13(19)9-2-4-10(14)5-3-9/h2-5,8,11,15-16H,6-7H2,1H3,(H,17,18). The number of nitrogens with one attached hydrogen (secondary N) is 1. The first-order valence-electron chi connectivity index (χ1n) is 5.83. The smallest absolute Gasteiger partial charge is 0.305 e. The Morgan fingerprint density at radius 1 is 1.32 bits per heavy atom. The Labute approximate surface area is 110 Å². The number of carbonyl (C=O) groups excluding carboxylic acids is 1. The lowest BCUT2D eigenvalue weighted by Gasteiger charge is -2.17. The zero-order chi connectivity index (χ0) is 14.4. The number of ketones is 1. The van der Waals surface area contributed by atoms with Crippen molar-refractivity contribution < 1.29 is 24.2 Å². The van der Waals surface area contributed by atoms with Gasteiger partial charge in [0.25, 0.3) is 0 Å². The fourth-order valence-corrected chi connectivity index (χ4v) is 1.56. The number of carbonyl (C=O) groups is 2. The largest absolute Gasteiger partial charge is 0.481 e. The number of carboxylic acids is 1. The van der Waals surface area contributed by atoms with Gasteiger partial charge in [-0.15, -0.1) is 0 Å². The molecule has 0 fully saturated rings. The molecule has 19 heavy (non-hydrogen) atoms. The number of aliphatic hydroxyl groups is 1. The third kappa shape index (κ3) is 5.15. The number of hydrogen-bond donors (Lipinski definition) is 3. The van der Waals surface area contributed by atoms with Crippen LogP contribution in [0.3, 0.4) is 0 Å². The molecular weight excluding hydrogens is 253 g/mol. The summed E-state index contributed by atoms with van der Waals surface area (Å²) in [5, 5.41) is 20.6. The molecule has 5 nitrogen and oxygen atoms in total. The number of Topliss-reactive ketones (excluding diaryl/α,β-unsaturated/α-hetero) is 1. The average Bonchev–Trinajstić information content (AvgIpc) is 2.34. The van der Waals surface area contributed by atoms with Crippen molar-refractivity contribution in [2.45, 2.75) is 25.5 Å². The maximum absolute atomic E-state index is 12.8. The zero-order valence-electron chi connectivity index (χ0n) is 10.5. The minimum absolute atomic E-state index is 0.102. The van der Waals surface area contributed by atoms with Gasteiger partial charge in [-0.1, -0.05) is 0 Å². The fourth-order valence-electron chi connectivity index (χ4n) is 1.56. The first-order valence-corrected chi connectivity index (χ1v) is 5.83. The van der Waals surface area contributed by atoms with E-state index in [1.165, 1.54) is 19.1 Å². The van der Waals surface area contributed by atoms with Crippen LogP contribution in [-0.2, 0) is 4.79 Å². The van der Waals surface area contributed by atoms with Crippen LogP contribution in [0, 0.1) is 5.82 Å². The van der Waals surface area contributed by atoms with Crippen LogP contribution in [-0.4, -0.2) is 40.7 Å². The Hall–Kier alpha value is -1.79. The molecule has 3 N–H and O–H groups in total. The van der Waals surface area contributed by atoms with Crippen LogP contribution < -0.4 is 5.32 Å². The molecule has 2 atom stereocenters. The summed E-state index contributed by atoms with van der Waals surface area (Å²) in [5.74, 6) is -2.04. The monoisotopic (exact) mass is 269 g/mol. The molecule has 0 spiro atoms. The van der Waals surface area contributed by atoms with E-state index in [1.807, 2.05) is 0 Å². The predicted octanol–water partition coefficient (Wildman–Crippen LogP) is 0.822. The fraction of sp³-hybridized carbons (Fsp3) is 0.385. The zero-order valence-corrected chi connectivity index (χ0v) is 10.5. The number of carboxylic acid groups (broad SMARTS) is 1. The quantitative estimate of drug-likeness (QED) is 0.638. The minimum atomic E-state index is -1.13. The highest BCUT2D eigenvalue weighted by molar-refractivity contribution is 6.01. The SMILES string of the molecule is CC(O)CNC(CC(=O)O)C(=O)c1ccc(F)cc1. The normalized spacial score (nSPS) is 13.8. The van der Waals surface area contributed by atoms with E-state index >= 15 is 0 Å². The van der Waals surface area contributed by atoms with E-state index in [1.54, 1.807) is 0 Å². The molecule has 0 amide bonds. The van der Waals surface area contributed by atoms with Gasteiger partial charge in [-0.05, 0) is 31.2 Å².